The molecule has 1 aliphatic carbocycles. The highest BCUT2D eigenvalue weighted by atomic mass is 32.2. The molecule has 2 fully saturated rings. The van der Waals surface area contributed by atoms with Crippen molar-refractivity contribution in [3.8, 4) is 6.07 Å². The minimum absolute atomic E-state index is 0.162. The summed E-state index contributed by atoms with van der Waals surface area (Å²) < 4.78 is 5.29. The molecule has 6 nitrogen and oxygen atoms in total. The summed E-state index contributed by atoms with van der Waals surface area (Å²) in [6.45, 7) is 1.16. The molecule has 0 radical (unpaired) electrons. The Hall–Kier alpha value is -2.07. The molecule has 2 aliphatic rings. The molecule has 0 atom stereocenters. The normalized spacial score (nSPS) is 17.6. The Balaban J connectivity index is 1.69. The second-order valence-electron chi connectivity index (χ2n) is 7.09. The predicted molar refractivity (Wildman–Crippen MR) is 103 cm³/mol. The molecule has 0 aromatic carbocycles. The van der Waals surface area contributed by atoms with Crippen molar-refractivity contribution in [1.29, 1.82) is 5.26 Å². The minimum atomic E-state index is -0.619. The van der Waals surface area contributed by atoms with E-state index in [0.29, 0.717) is 10.9 Å². The topological polar surface area (TPSA) is 83.3 Å². The number of rotatable bonds is 5. The molecular weight excluding hydrogens is 362 g/mol. The van der Waals surface area contributed by atoms with Gasteiger partial charge in [0, 0.05) is 24.7 Å². The third-order valence-corrected chi connectivity index (χ3v) is 5.74. The molecule has 1 aliphatic heterocycles. The molecule has 7 heteroatoms. The summed E-state index contributed by atoms with van der Waals surface area (Å²) in [6, 6.07) is 3.73. The van der Waals surface area contributed by atoms with E-state index in [1.165, 1.54) is 18.2 Å². The number of carbonyl (C=O) groups is 2. The first-order valence-electron chi connectivity index (χ1n) is 9.58. The quantitative estimate of drug-likeness (QED) is 0.568. The van der Waals surface area contributed by atoms with Crippen LogP contribution in [-0.2, 0) is 9.53 Å². The number of hydrogen-bond donors (Lipinski definition) is 0. The van der Waals surface area contributed by atoms with Gasteiger partial charge in [-0.05, 0) is 38.0 Å². The predicted octanol–water partition coefficient (Wildman–Crippen LogP) is 3.50. The minimum Gasteiger partial charge on any atom is -0.452 e. The van der Waals surface area contributed by atoms with Crippen LogP contribution < -0.4 is 0 Å². The van der Waals surface area contributed by atoms with Crippen molar-refractivity contribution in [1.82, 2.24) is 9.88 Å². The van der Waals surface area contributed by atoms with Crippen molar-refractivity contribution in [2.45, 2.75) is 55.9 Å². The second kappa shape index (κ2) is 9.23. The van der Waals surface area contributed by atoms with Crippen molar-refractivity contribution in [3.05, 3.63) is 22.9 Å². The number of thioether (sulfide) groups is 1. The Morgan fingerprint density at radius 1 is 1.26 bits per heavy atom. The van der Waals surface area contributed by atoms with Crippen LogP contribution in [0, 0.1) is 11.3 Å². The molecule has 1 aromatic heterocycles. The summed E-state index contributed by atoms with van der Waals surface area (Å²) >= 11 is 1.35. The van der Waals surface area contributed by atoms with Crippen LogP contribution in [0.1, 0.15) is 72.5 Å². The molecule has 2 heterocycles. The van der Waals surface area contributed by atoms with E-state index in [2.05, 4.69) is 11.1 Å². The Kier molecular flexibility index (Phi) is 6.73. The summed E-state index contributed by atoms with van der Waals surface area (Å²) in [5, 5.41) is 10.0. The van der Waals surface area contributed by atoms with Crippen LogP contribution in [-0.4, -0.2) is 47.7 Å². The fourth-order valence-electron chi connectivity index (χ4n) is 3.34. The van der Waals surface area contributed by atoms with Crippen LogP contribution in [0.4, 0.5) is 0 Å². The summed E-state index contributed by atoms with van der Waals surface area (Å²) in [5.74, 6) is -0.422. The molecular formula is C20H25N3O3S. The molecule has 0 bridgehead atoms. The zero-order valence-electron chi connectivity index (χ0n) is 15.7. The fraction of sp³-hybridized carbons (Fsp3) is 0.600. The summed E-state index contributed by atoms with van der Waals surface area (Å²) in [4.78, 5) is 31.3. The molecule has 1 amide bonds. The highest BCUT2D eigenvalue weighted by molar-refractivity contribution is 7.98. The van der Waals surface area contributed by atoms with Gasteiger partial charge in [-0.3, -0.25) is 4.79 Å². The van der Waals surface area contributed by atoms with Crippen molar-refractivity contribution >= 4 is 23.6 Å². The van der Waals surface area contributed by atoms with E-state index < -0.39 is 5.97 Å². The zero-order chi connectivity index (χ0) is 19.2. The van der Waals surface area contributed by atoms with Gasteiger partial charge < -0.3 is 9.64 Å². The number of nitriles is 1. The molecule has 1 aromatic rings. The molecule has 0 spiro atoms. The zero-order valence-corrected chi connectivity index (χ0v) is 16.5. The first-order chi connectivity index (χ1) is 13.1. The first-order valence-corrected chi connectivity index (χ1v) is 10.8. The lowest BCUT2D eigenvalue weighted by atomic mass is 10.1. The second-order valence-corrected chi connectivity index (χ2v) is 7.88. The Labute approximate surface area is 164 Å². The third kappa shape index (κ3) is 5.01. The highest BCUT2D eigenvalue weighted by Crippen LogP contribution is 2.40. The number of carbonyl (C=O) groups excluding carboxylic acids is 2. The number of pyridine rings is 1. The number of aromatic nitrogens is 1. The maximum Gasteiger partial charge on any atom is 0.340 e. The molecule has 27 heavy (non-hydrogen) atoms. The van der Waals surface area contributed by atoms with Gasteiger partial charge in [-0.1, -0.05) is 19.3 Å². The van der Waals surface area contributed by atoms with Crippen molar-refractivity contribution in [2.24, 2.45) is 0 Å². The van der Waals surface area contributed by atoms with E-state index >= 15 is 0 Å². The van der Waals surface area contributed by atoms with Crippen molar-refractivity contribution in [2.75, 3.05) is 26.0 Å². The number of likely N-dealkylation sites (tertiary alicyclic amines) is 1. The lowest BCUT2D eigenvalue weighted by molar-refractivity contribution is -0.134. The largest absolute Gasteiger partial charge is 0.452 e. The highest BCUT2D eigenvalue weighted by Gasteiger charge is 2.29. The van der Waals surface area contributed by atoms with Gasteiger partial charge in [-0.15, -0.1) is 11.8 Å². The van der Waals surface area contributed by atoms with Crippen LogP contribution in [0.2, 0.25) is 0 Å². The average molecular weight is 388 g/mol. The Morgan fingerprint density at radius 2 is 1.93 bits per heavy atom. The van der Waals surface area contributed by atoms with Crippen molar-refractivity contribution in [3.63, 3.8) is 0 Å². The van der Waals surface area contributed by atoms with Gasteiger partial charge in [0.15, 0.2) is 6.61 Å². The number of esters is 1. The Morgan fingerprint density at radius 3 is 2.52 bits per heavy atom. The van der Waals surface area contributed by atoms with E-state index in [4.69, 9.17) is 4.74 Å². The van der Waals surface area contributed by atoms with E-state index in [-0.39, 0.29) is 23.6 Å². The van der Waals surface area contributed by atoms with Gasteiger partial charge in [-0.2, -0.15) is 5.26 Å². The number of ether oxygens (including phenoxy) is 1. The van der Waals surface area contributed by atoms with E-state index in [0.717, 1.165) is 57.3 Å². The van der Waals surface area contributed by atoms with Gasteiger partial charge in [0.1, 0.15) is 11.1 Å². The third-order valence-electron chi connectivity index (χ3n) is 5.06. The van der Waals surface area contributed by atoms with Crippen LogP contribution in [0.25, 0.3) is 0 Å². The van der Waals surface area contributed by atoms with Gasteiger partial charge in [0.2, 0.25) is 0 Å². The maximum absolute atomic E-state index is 12.6. The molecule has 144 valence electrons. The van der Waals surface area contributed by atoms with Gasteiger partial charge in [0.25, 0.3) is 5.91 Å². The average Bonchev–Trinajstić information content (AvgIpc) is 3.49. The molecule has 1 saturated heterocycles. The standard InChI is InChI=1S/C20H25N3O3S/c1-27-19-16(12-21)15(11-17(22-19)14-7-8-14)20(25)26-13-18(24)23-9-5-3-2-4-6-10-23/h11,14H,2-10,13H2,1H3. The molecule has 1 saturated carbocycles. The number of amides is 1. The lowest BCUT2D eigenvalue weighted by Crippen LogP contribution is -2.37. The number of nitrogens with zero attached hydrogens (tertiary/aromatic N) is 3. The van der Waals surface area contributed by atoms with E-state index in [9.17, 15) is 14.9 Å². The van der Waals surface area contributed by atoms with Gasteiger partial charge in [0.05, 0.1) is 11.1 Å². The van der Waals surface area contributed by atoms with Crippen LogP contribution in [0.15, 0.2) is 11.1 Å². The SMILES string of the molecule is CSc1nc(C2CC2)cc(C(=O)OCC(=O)N2CCCCCCC2)c1C#N. The number of hydrogen-bond acceptors (Lipinski definition) is 6. The summed E-state index contributed by atoms with van der Waals surface area (Å²) in [7, 11) is 0. The molecule has 0 N–H and O–H groups in total. The smallest absolute Gasteiger partial charge is 0.340 e. The van der Waals surface area contributed by atoms with Crippen LogP contribution in [0.3, 0.4) is 0 Å². The van der Waals surface area contributed by atoms with Crippen molar-refractivity contribution < 1.29 is 14.3 Å². The van der Waals surface area contributed by atoms with E-state index in [1.54, 1.807) is 11.0 Å². The van der Waals surface area contributed by atoms with Crippen LogP contribution in [0.5, 0.6) is 0 Å². The molecule has 3 rings (SSSR count). The van der Waals surface area contributed by atoms with E-state index in [1.807, 2.05) is 6.26 Å². The maximum atomic E-state index is 12.6. The molecule has 0 unspecified atom stereocenters. The van der Waals surface area contributed by atoms with Gasteiger partial charge in [-0.25, -0.2) is 9.78 Å². The summed E-state index contributed by atoms with van der Waals surface area (Å²) in [5.41, 5.74) is 1.29. The first kappa shape index (κ1) is 19.7. The van der Waals surface area contributed by atoms with Gasteiger partial charge >= 0.3 is 5.97 Å². The summed E-state index contributed by atoms with van der Waals surface area (Å²) in [6.07, 6.45) is 9.40. The lowest BCUT2D eigenvalue weighted by Gasteiger charge is -2.24. The monoisotopic (exact) mass is 387 g/mol. The van der Waals surface area contributed by atoms with Crippen LogP contribution >= 0.6 is 11.8 Å². The fourth-order valence-corrected chi connectivity index (χ4v) is 3.90. The Bertz CT molecular complexity index is 748.